The molecule has 0 spiro atoms. The molecule has 2 N–H and O–H groups in total. The molecule has 0 saturated carbocycles. The Kier molecular flexibility index (Phi) is 5.55. The number of carbonyl (C=O) groups excluding carboxylic acids is 1. The van der Waals surface area contributed by atoms with Gasteiger partial charge >= 0.3 is 6.03 Å². The number of halogens is 1. The first-order valence-electron chi connectivity index (χ1n) is 6.94. The third-order valence-corrected chi connectivity index (χ3v) is 3.31. The Labute approximate surface area is 128 Å². The van der Waals surface area contributed by atoms with Gasteiger partial charge in [-0.2, -0.15) is 0 Å². The highest BCUT2D eigenvalue weighted by atomic mass is 19.1. The van der Waals surface area contributed by atoms with E-state index >= 15 is 0 Å². The second kappa shape index (κ2) is 7.61. The number of benzene rings is 1. The van der Waals surface area contributed by atoms with Crippen molar-refractivity contribution in [3.05, 3.63) is 59.8 Å². The van der Waals surface area contributed by atoms with Gasteiger partial charge in [-0.3, -0.25) is 0 Å². The van der Waals surface area contributed by atoms with E-state index in [-0.39, 0.29) is 11.8 Å². The molecule has 1 aromatic heterocycles. The molecule has 0 fully saturated rings. The number of rotatable bonds is 6. The molecule has 118 valence electrons. The summed E-state index contributed by atoms with van der Waals surface area (Å²) in [5, 5.41) is 5.45. The van der Waals surface area contributed by atoms with Crippen LogP contribution in [0.5, 0.6) is 0 Å². The summed E-state index contributed by atoms with van der Waals surface area (Å²) in [7, 11) is 1.48. The van der Waals surface area contributed by atoms with Crippen molar-refractivity contribution in [2.75, 3.05) is 7.11 Å². The smallest absolute Gasteiger partial charge is 0.315 e. The van der Waals surface area contributed by atoms with E-state index in [1.807, 2.05) is 0 Å². The first-order valence-corrected chi connectivity index (χ1v) is 6.94. The van der Waals surface area contributed by atoms with Crippen molar-refractivity contribution in [3.63, 3.8) is 0 Å². The monoisotopic (exact) mass is 306 g/mol. The molecule has 0 radical (unpaired) electrons. The first kappa shape index (κ1) is 16.0. The zero-order valence-corrected chi connectivity index (χ0v) is 12.5. The number of hydrogen-bond acceptors (Lipinski definition) is 3. The molecule has 0 unspecified atom stereocenters. The Balaban J connectivity index is 1.93. The summed E-state index contributed by atoms with van der Waals surface area (Å²) in [4.78, 5) is 11.9. The standard InChI is InChI=1S/C16H19FN2O3/c1-11(15(21-2)13-5-3-4-6-14(13)17)19-16(20)18-9-12-7-8-22-10-12/h3-8,10-11,15H,9H2,1-2H3,(H2,18,19,20)/t11-,15+/m1/s1. The van der Waals surface area contributed by atoms with Gasteiger partial charge in [0.2, 0.25) is 0 Å². The Hall–Kier alpha value is -2.34. The fourth-order valence-corrected chi connectivity index (χ4v) is 2.22. The van der Waals surface area contributed by atoms with Crippen molar-refractivity contribution < 1.29 is 18.3 Å². The van der Waals surface area contributed by atoms with E-state index in [1.165, 1.54) is 19.4 Å². The number of furan rings is 1. The highest BCUT2D eigenvalue weighted by molar-refractivity contribution is 5.74. The number of urea groups is 1. The van der Waals surface area contributed by atoms with Gasteiger partial charge in [-0.1, -0.05) is 18.2 Å². The number of hydrogen-bond donors (Lipinski definition) is 2. The minimum absolute atomic E-state index is 0.354. The molecule has 5 nitrogen and oxygen atoms in total. The summed E-state index contributed by atoms with van der Waals surface area (Å²) < 4.78 is 24.1. The fourth-order valence-electron chi connectivity index (χ4n) is 2.22. The van der Waals surface area contributed by atoms with Crippen LogP contribution in [0.3, 0.4) is 0 Å². The predicted molar refractivity (Wildman–Crippen MR) is 79.7 cm³/mol. The second-order valence-electron chi connectivity index (χ2n) is 4.93. The van der Waals surface area contributed by atoms with Crippen LogP contribution < -0.4 is 10.6 Å². The lowest BCUT2D eigenvalue weighted by molar-refractivity contribution is 0.0733. The van der Waals surface area contributed by atoms with Crippen molar-refractivity contribution in [1.82, 2.24) is 10.6 Å². The van der Waals surface area contributed by atoms with Gasteiger partial charge in [0.15, 0.2) is 0 Å². The van der Waals surface area contributed by atoms with Crippen molar-refractivity contribution >= 4 is 6.03 Å². The molecule has 22 heavy (non-hydrogen) atoms. The number of methoxy groups -OCH3 is 1. The van der Waals surface area contributed by atoms with Crippen LogP contribution in [0, 0.1) is 5.82 Å². The second-order valence-corrected chi connectivity index (χ2v) is 4.93. The molecule has 2 amide bonds. The van der Waals surface area contributed by atoms with E-state index in [0.717, 1.165) is 5.56 Å². The fraction of sp³-hybridized carbons (Fsp3) is 0.312. The van der Waals surface area contributed by atoms with Crippen molar-refractivity contribution in [2.24, 2.45) is 0 Å². The van der Waals surface area contributed by atoms with Crippen LogP contribution in [0.1, 0.15) is 24.2 Å². The number of ether oxygens (including phenoxy) is 1. The van der Waals surface area contributed by atoms with Gasteiger partial charge < -0.3 is 19.8 Å². The molecule has 0 bridgehead atoms. The Morgan fingerprint density at radius 3 is 2.77 bits per heavy atom. The van der Waals surface area contributed by atoms with Gasteiger partial charge in [0.1, 0.15) is 11.9 Å². The Morgan fingerprint density at radius 2 is 2.14 bits per heavy atom. The minimum atomic E-state index is -0.569. The largest absolute Gasteiger partial charge is 0.472 e. The molecule has 2 aromatic rings. The first-order chi connectivity index (χ1) is 10.6. The average Bonchev–Trinajstić information content (AvgIpc) is 3.01. The van der Waals surface area contributed by atoms with Crippen molar-refractivity contribution in [2.45, 2.75) is 25.6 Å². The highest BCUT2D eigenvalue weighted by Crippen LogP contribution is 2.23. The van der Waals surface area contributed by atoms with Gasteiger partial charge in [0, 0.05) is 24.8 Å². The van der Waals surface area contributed by atoms with Crippen LogP contribution in [-0.4, -0.2) is 19.2 Å². The van der Waals surface area contributed by atoms with Crippen LogP contribution in [0.15, 0.2) is 47.3 Å². The SMILES string of the molecule is CO[C@H](c1ccccc1F)[C@@H](C)NC(=O)NCc1ccoc1. The zero-order chi connectivity index (χ0) is 15.9. The minimum Gasteiger partial charge on any atom is -0.472 e. The summed E-state index contributed by atoms with van der Waals surface area (Å²) in [6, 6.07) is 7.37. The quantitative estimate of drug-likeness (QED) is 0.862. The number of carbonyl (C=O) groups is 1. The highest BCUT2D eigenvalue weighted by Gasteiger charge is 2.23. The normalized spacial score (nSPS) is 13.4. The summed E-state index contributed by atoms with van der Waals surface area (Å²) in [5.41, 5.74) is 1.27. The topological polar surface area (TPSA) is 63.5 Å². The Bertz CT molecular complexity index is 601. The van der Waals surface area contributed by atoms with E-state index in [4.69, 9.17) is 9.15 Å². The molecule has 1 heterocycles. The Morgan fingerprint density at radius 1 is 1.36 bits per heavy atom. The molecule has 0 aliphatic carbocycles. The lowest BCUT2D eigenvalue weighted by atomic mass is 10.0. The third-order valence-electron chi connectivity index (χ3n) is 3.31. The van der Waals surface area contributed by atoms with Gasteiger partial charge in [0.25, 0.3) is 0 Å². The lowest BCUT2D eigenvalue weighted by Crippen LogP contribution is -2.43. The van der Waals surface area contributed by atoms with Crippen LogP contribution in [0.2, 0.25) is 0 Å². The average molecular weight is 306 g/mol. The maximum absolute atomic E-state index is 13.8. The molecule has 2 rings (SSSR count). The number of nitrogens with one attached hydrogen (secondary N) is 2. The van der Waals surface area contributed by atoms with E-state index in [2.05, 4.69) is 10.6 Å². The molecule has 6 heteroatoms. The van der Waals surface area contributed by atoms with Gasteiger partial charge in [-0.25, -0.2) is 9.18 Å². The molecule has 0 aliphatic heterocycles. The molecule has 2 atom stereocenters. The summed E-state index contributed by atoms with van der Waals surface area (Å²) in [6.07, 6.45) is 2.53. The van der Waals surface area contributed by atoms with Crippen LogP contribution in [-0.2, 0) is 11.3 Å². The molecule has 1 aromatic carbocycles. The van der Waals surface area contributed by atoms with E-state index in [9.17, 15) is 9.18 Å². The number of amides is 2. The summed E-state index contributed by atoms with van der Waals surface area (Å²) >= 11 is 0. The van der Waals surface area contributed by atoms with Gasteiger partial charge in [0.05, 0.1) is 18.6 Å². The summed E-state index contributed by atoms with van der Waals surface area (Å²) in [5.74, 6) is -0.359. The van der Waals surface area contributed by atoms with Crippen LogP contribution >= 0.6 is 0 Å². The third kappa shape index (κ3) is 4.08. The van der Waals surface area contributed by atoms with Crippen molar-refractivity contribution in [3.8, 4) is 0 Å². The summed E-state index contributed by atoms with van der Waals surface area (Å²) in [6.45, 7) is 2.12. The van der Waals surface area contributed by atoms with E-state index in [0.29, 0.717) is 12.1 Å². The van der Waals surface area contributed by atoms with Crippen LogP contribution in [0.4, 0.5) is 9.18 Å². The molecule has 0 saturated heterocycles. The maximum Gasteiger partial charge on any atom is 0.315 e. The van der Waals surface area contributed by atoms with Gasteiger partial charge in [-0.05, 0) is 19.1 Å². The predicted octanol–water partition coefficient (Wildman–Crippen LogP) is 2.99. The molecule has 0 aliphatic rings. The van der Waals surface area contributed by atoms with Gasteiger partial charge in [-0.15, -0.1) is 0 Å². The van der Waals surface area contributed by atoms with Crippen LogP contribution in [0.25, 0.3) is 0 Å². The van der Waals surface area contributed by atoms with Crippen molar-refractivity contribution in [1.29, 1.82) is 0 Å². The molecular formula is C16H19FN2O3. The molecular weight excluding hydrogens is 287 g/mol. The lowest BCUT2D eigenvalue weighted by Gasteiger charge is -2.24. The van der Waals surface area contributed by atoms with E-state index < -0.39 is 12.1 Å². The maximum atomic E-state index is 13.8. The zero-order valence-electron chi connectivity index (χ0n) is 12.5. The van der Waals surface area contributed by atoms with E-state index in [1.54, 1.807) is 37.5 Å².